The van der Waals surface area contributed by atoms with Gasteiger partial charge in [0.2, 0.25) is 11.8 Å². The van der Waals surface area contributed by atoms with E-state index in [0.717, 1.165) is 0 Å². The van der Waals surface area contributed by atoms with Crippen molar-refractivity contribution in [3.05, 3.63) is 24.3 Å². The topological polar surface area (TPSA) is 58.2 Å². The molecule has 0 heterocycles. The number of nitrogens with one attached hydrogen (secondary N) is 2. The number of benzene rings is 1. The molecule has 2 amide bonds. The van der Waals surface area contributed by atoms with E-state index in [0.29, 0.717) is 17.8 Å². The molecule has 1 aromatic carbocycles. The maximum absolute atomic E-state index is 12.1. The number of carbonyl (C=O) groups is 2. The van der Waals surface area contributed by atoms with Gasteiger partial charge in [-0.05, 0) is 25.1 Å². The molecule has 0 atom stereocenters. The minimum Gasteiger partial charge on any atom is -0.326 e. The second-order valence-corrected chi connectivity index (χ2v) is 5.30. The molecule has 2 N–H and O–H groups in total. The van der Waals surface area contributed by atoms with E-state index in [4.69, 9.17) is 23.2 Å². The molecule has 0 radical (unpaired) electrons. The third-order valence-corrected chi connectivity index (χ3v) is 4.04. The third kappa shape index (κ3) is 4.39. The van der Waals surface area contributed by atoms with E-state index < -0.39 is 5.41 Å². The summed E-state index contributed by atoms with van der Waals surface area (Å²) in [5.41, 5.74) is 0.393. The molecule has 0 saturated heterocycles. The Bertz CT molecular complexity index is 488. The summed E-state index contributed by atoms with van der Waals surface area (Å²) in [6.45, 7) is 3.47. The van der Waals surface area contributed by atoms with Gasteiger partial charge in [-0.25, -0.2) is 0 Å². The van der Waals surface area contributed by atoms with Crippen LogP contribution in [0, 0.1) is 5.41 Å². The highest BCUT2D eigenvalue weighted by molar-refractivity contribution is 6.24. The van der Waals surface area contributed by atoms with Gasteiger partial charge >= 0.3 is 0 Å². The molecule has 0 saturated carbocycles. The number of rotatable bonds is 6. The van der Waals surface area contributed by atoms with E-state index in [-0.39, 0.29) is 23.6 Å². The molecular weight excluding hydrogens is 299 g/mol. The first kappa shape index (κ1) is 16.8. The molecule has 0 aliphatic rings. The third-order valence-electron chi connectivity index (χ3n) is 2.86. The molecule has 0 aliphatic carbocycles. The van der Waals surface area contributed by atoms with Crippen LogP contribution in [-0.2, 0) is 9.59 Å². The van der Waals surface area contributed by atoms with E-state index in [2.05, 4.69) is 10.6 Å². The summed E-state index contributed by atoms with van der Waals surface area (Å²) in [5, 5.41) is 5.49. The van der Waals surface area contributed by atoms with Crippen molar-refractivity contribution in [3.63, 3.8) is 0 Å². The summed E-state index contributed by atoms with van der Waals surface area (Å²) in [5.74, 6) is -0.0651. The van der Waals surface area contributed by atoms with Crippen LogP contribution in [0.5, 0.6) is 0 Å². The Hall–Kier alpha value is -1.26. The smallest absolute Gasteiger partial charge is 0.232 e. The number of amides is 2. The predicted molar refractivity (Wildman–Crippen MR) is 83.5 cm³/mol. The first-order chi connectivity index (χ1) is 9.45. The highest BCUT2D eigenvalue weighted by Gasteiger charge is 2.31. The number of anilines is 2. The first-order valence-electron chi connectivity index (χ1n) is 6.28. The van der Waals surface area contributed by atoms with Gasteiger partial charge < -0.3 is 10.6 Å². The number of carbonyl (C=O) groups excluding carboxylic acids is 2. The van der Waals surface area contributed by atoms with Crippen LogP contribution < -0.4 is 10.6 Å². The zero-order chi connectivity index (χ0) is 15.2. The SMILES string of the molecule is CCC(=O)Nc1cccc(NC(=O)C(C)(CCl)CCl)c1. The predicted octanol–water partition coefficient (Wildman–Crippen LogP) is 3.46. The monoisotopic (exact) mass is 316 g/mol. The zero-order valence-electron chi connectivity index (χ0n) is 11.5. The van der Waals surface area contributed by atoms with E-state index >= 15 is 0 Å². The second-order valence-electron chi connectivity index (χ2n) is 4.76. The van der Waals surface area contributed by atoms with Crippen molar-refractivity contribution in [2.45, 2.75) is 20.3 Å². The van der Waals surface area contributed by atoms with Crippen molar-refractivity contribution >= 4 is 46.4 Å². The van der Waals surface area contributed by atoms with Crippen LogP contribution in [0.2, 0.25) is 0 Å². The van der Waals surface area contributed by atoms with Crippen molar-refractivity contribution in [1.82, 2.24) is 0 Å². The molecule has 6 heteroatoms. The summed E-state index contributed by atoms with van der Waals surface area (Å²) in [4.78, 5) is 23.5. The summed E-state index contributed by atoms with van der Waals surface area (Å²) >= 11 is 11.6. The Morgan fingerprint density at radius 2 is 1.70 bits per heavy atom. The van der Waals surface area contributed by atoms with Gasteiger partial charge in [0.25, 0.3) is 0 Å². The van der Waals surface area contributed by atoms with Crippen molar-refractivity contribution in [2.24, 2.45) is 5.41 Å². The molecule has 0 bridgehead atoms. The number of halogens is 2. The first-order valence-corrected chi connectivity index (χ1v) is 7.35. The largest absolute Gasteiger partial charge is 0.326 e. The minimum atomic E-state index is -0.828. The lowest BCUT2D eigenvalue weighted by Gasteiger charge is -2.23. The van der Waals surface area contributed by atoms with Gasteiger partial charge in [-0.1, -0.05) is 13.0 Å². The van der Waals surface area contributed by atoms with Crippen molar-refractivity contribution < 1.29 is 9.59 Å². The Morgan fingerprint density at radius 3 is 2.20 bits per heavy atom. The lowest BCUT2D eigenvalue weighted by molar-refractivity contribution is -0.122. The van der Waals surface area contributed by atoms with Crippen molar-refractivity contribution in [3.8, 4) is 0 Å². The Kier molecular flexibility index (Phi) is 6.30. The molecule has 20 heavy (non-hydrogen) atoms. The molecular formula is C14H18Cl2N2O2. The quantitative estimate of drug-likeness (QED) is 0.790. The van der Waals surface area contributed by atoms with Gasteiger partial charge in [0, 0.05) is 29.6 Å². The standard InChI is InChI=1S/C14H18Cl2N2O2/c1-3-12(19)17-10-5-4-6-11(7-10)18-13(20)14(2,8-15)9-16/h4-7H,3,8-9H2,1-2H3,(H,17,19)(H,18,20). The summed E-state index contributed by atoms with van der Waals surface area (Å²) in [6.07, 6.45) is 0.396. The van der Waals surface area contributed by atoms with Gasteiger partial charge in [0.05, 0.1) is 5.41 Å². The van der Waals surface area contributed by atoms with E-state index in [9.17, 15) is 9.59 Å². The molecule has 1 aromatic rings. The van der Waals surface area contributed by atoms with Gasteiger partial charge in [-0.15, -0.1) is 23.2 Å². The lowest BCUT2D eigenvalue weighted by Crippen LogP contribution is -2.36. The number of hydrogen-bond acceptors (Lipinski definition) is 2. The van der Waals surface area contributed by atoms with Gasteiger partial charge in [0.1, 0.15) is 0 Å². The zero-order valence-corrected chi connectivity index (χ0v) is 13.0. The normalized spacial score (nSPS) is 11.0. The van der Waals surface area contributed by atoms with Gasteiger partial charge in [-0.3, -0.25) is 9.59 Å². The fourth-order valence-corrected chi connectivity index (χ4v) is 1.89. The van der Waals surface area contributed by atoms with Crippen molar-refractivity contribution in [2.75, 3.05) is 22.4 Å². The van der Waals surface area contributed by atoms with Crippen LogP contribution in [0.25, 0.3) is 0 Å². The maximum atomic E-state index is 12.1. The summed E-state index contributed by atoms with van der Waals surface area (Å²) in [6, 6.07) is 6.93. The van der Waals surface area contributed by atoms with E-state index in [1.165, 1.54) is 0 Å². The fraction of sp³-hybridized carbons (Fsp3) is 0.429. The average molecular weight is 317 g/mol. The molecule has 0 aliphatic heterocycles. The Morgan fingerprint density at radius 1 is 1.15 bits per heavy atom. The van der Waals surface area contributed by atoms with Gasteiger partial charge in [0.15, 0.2) is 0 Å². The fourth-order valence-electron chi connectivity index (χ4n) is 1.36. The summed E-state index contributed by atoms with van der Waals surface area (Å²) < 4.78 is 0. The molecule has 0 aromatic heterocycles. The summed E-state index contributed by atoms with van der Waals surface area (Å²) in [7, 11) is 0. The van der Waals surface area contributed by atoms with Crippen LogP contribution >= 0.6 is 23.2 Å². The van der Waals surface area contributed by atoms with Gasteiger partial charge in [-0.2, -0.15) is 0 Å². The van der Waals surface area contributed by atoms with Crippen molar-refractivity contribution in [1.29, 1.82) is 0 Å². The van der Waals surface area contributed by atoms with Crippen LogP contribution in [0.4, 0.5) is 11.4 Å². The van der Waals surface area contributed by atoms with Crippen LogP contribution in [0.1, 0.15) is 20.3 Å². The number of alkyl halides is 2. The molecule has 0 spiro atoms. The lowest BCUT2D eigenvalue weighted by atomic mass is 9.95. The molecule has 4 nitrogen and oxygen atoms in total. The Labute approximate surface area is 128 Å². The molecule has 0 fully saturated rings. The molecule has 1 rings (SSSR count). The maximum Gasteiger partial charge on any atom is 0.232 e. The Balaban J connectivity index is 2.80. The highest BCUT2D eigenvalue weighted by atomic mass is 35.5. The van der Waals surface area contributed by atoms with Crippen LogP contribution in [0.3, 0.4) is 0 Å². The highest BCUT2D eigenvalue weighted by Crippen LogP contribution is 2.24. The average Bonchev–Trinajstić information content (AvgIpc) is 2.46. The van der Waals surface area contributed by atoms with E-state index in [1.807, 2.05) is 0 Å². The molecule has 0 unspecified atom stereocenters. The minimum absolute atomic E-state index is 0.0835. The van der Waals surface area contributed by atoms with Crippen LogP contribution in [0.15, 0.2) is 24.3 Å². The second kappa shape index (κ2) is 7.50. The van der Waals surface area contributed by atoms with E-state index in [1.54, 1.807) is 38.1 Å². The van der Waals surface area contributed by atoms with Crippen LogP contribution in [-0.4, -0.2) is 23.6 Å². The number of hydrogen-bond donors (Lipinski definition) is 2. The molecule has 110 valence electrons.